The lowest BCUT2D eigenvalue weighted by molar-refractivity contribution is -0.128. The lowest BCUT2D eigenvalue weighted by Gasteiger charge is -2.25. The van der Waals surface area contributed by atoms with E-state index in [2.05, 4.69) is 4.40 Å². The zero-order valence-electron chi connectivity index (χ0n) is 14.7. The average molecular weight is 368 g/mol. The Bertz CT molecular complexity index is 784. The SMILES string of the molecule is COCCCC(=O)C(C)(C)COc1cccc2c1C(N)=NS(=O)(=O)C2. The van der Waals surface area contributed by atoms with E-state index in [1.165, 1.54) is 0 Å². The molecule has 0 saturated heterocycles. The van der Waals surface area contributed by atoms with Gasteiger partial charge in [0.25, 0.3) is 10.0 Å². The number of hydrogen-bond donors (Lipinski definition) is 1. The first-order chi connectivity index (χ1) is 11.7. The van der Waals surface area contributed by atoms with Gasteiger partial charge in [0.2, 0.25) is 0 Å². The number of hydrogen-bond acceptors (Lipinski definition) is 6. The van der Waals surface area contributed by atoms with Crippen molar-refractivity contribution in [3.63, 3.8) is 0 Å². The number of amidine groups is 1. The van der Waals surface area contributed by atoms with Crippen molar-refractivity contribution in [3.05, 3.63) is 29.3 Å². The van der Waals surface area contributed by atoms with E-state index in [0.717, 1.165) is 0 Å². The van der Waals surface area contributed by atoms with Gasteiger partial charge in [0.15, 0.2) is 0 Å². The smallest absolute Gasteiger partial charge is 0.259 e. The Kier molecular flexibility index (Phi) is 5.84. The van der Waals surface area contributed by atoms with Crippen molar-refractivity contribution in [2.24, 2.45) is 15.5 Å². The van der Waals surface area contributed by atoms with E-state index in [9.17, 15) is 13.2 Å². The molecule has 0 fully saturated rings. The predicted octanol–water partition coefficient (Wildman–Crippen LogP) is 1.64. The van der Waals surface area contributed by atoms with Gasteiger partial charge in [0, 0.05) is 20.1 Å². The molecule has 0 unspecified atom stereocenters. The summed E-state index contributed by atoms with van der Waals surface area (Å²) in [5.41, 5.74) is 6.17. The number of methoxy groups -OCH3 is 1. The van der Waals surface area contributed by atoms with Crippen molar-refractivity contribution in [1.29, 1.82) is 0 Å². The van der Waals surface area contributed by atoms with E-state index in [-0.39, 0.29) is 24.0 Å². The minimum absolute atomic E-state index is 0.0820. The van der Waals surface area contributed by atoms with Crippen LogP contribution in [0, 0.1) is 5.41 Å². The summed E-state index contributed by atoms with van der Waals surface area (Å²) in [6, 6.07) is 5.09. The van der Waals surface area contributed by atoms with Gasteiger partial charge in [0.1, 0.15) is 24.0 Å². The first kappa shape index (κ1) is 19.4. The molecule has 0 bridgehead atoms. The number of ether oxygens (including phenoxy) is 2. The van der Waals surface area contributed by atoms with Crippen molar-refractivity contribution in [1.82, 2.24) is 0 Å². The number of ketones is 1. The number of nitrogens with two attached hydrogens (primary N) is 1. The van der Waals surface area contributed by atoms with Crippen molar-refractivity contribution >= 4 is 21.6 Å². The number of carbonyl (C=O) groups excluding carboxylic acids is 1. The standard InChI is InChI=1S/C17H24N2O5S/c1-17(2,14(20)8-5-9-23-3)11-24-13-7-4-6-12-10-25(21,22)19-16(18)15(12)13/h4,6-7H,5,8-11H2,1-3H3,(H2,18,19). The maximum atomic E-state index is 12.3. The third-order valence-electron chi connectivity index (χ3n) is 4.04. The maximum absolute atomic E-state index is 12.3. The van der Waals surface area contributed by atoms with Crippen LogP contribution < -0.4 is 10.5 Å². The molecule has 0 aliphatic carbocycles. The highest BCUT2D eigenvalue weighted by Crippen LogP contribution is 2.30. The molecule has 1 heterocycles. The molecule has 0 atom stereocenters. The molecule has 8 heteroatoms. The van der Waals surface area contributed by atoms with Crippen LogP contribution in [0.3, 0.4) is 0 Å². The van der Waals surface area contributed by atoms with E-state index in [4.69, 9.17) is 15.2 Å². The number of benzene rings is 1. The molecule has 0 radical (unpaired) electrons. The van der Waals surface area contributed by atoms with E-state index in [0.29, 0.717) is 36.3 Å². The minimum Gasteiger partial charge on any atom is -0.492 e. The Balaban J connectivity index is 2.13. The zero-order valence-corrected chi connectivity index (χ0v) is 15.6. The van der Waals surface area contributed by atoms with Gasteiger partial charge in [-0.05, 0) is 31.9 Å². The second-order valence-corrected chi connectivity index (χ2v) is 8.32. The molecule has 7 nitrogen and oxygen atoms in total. The molecule has 138 valence electrons. The van der Waals surface area contributed by atoms with Crippen LogP contribution in [0.15, 0.2) is 22.6 Å². The summed E-state index contributed by atoms with van der Waals surface area (Å²) in [6.07, 6.45) is 1.08. The molecule has 0 spiro atoms. The second kappa shape index (κ2) is 7.53. The first-order valence-electron chi connectivity index (χ1n) is 8.02. The molecular weight excluding hydrogens is 344 g/mol. The lowest BCUT2D eigenvalue weighted by Crippen LogP contribution is -2.32. The van der Waals surface area contributed by atoms with Gasteiger partial charge in [-0.2, -0.15) is 0 Å². The summed E-state index contributed by atoms with van der Waals surface area (Å²) < 4.78 is 37.8. The van der Waals surface area contributed by atoms with Gasteiger partial charge >= 0.3 is 0 Å². The number of nitrogens with zero attached hydrogens (tertiary/aromatic N) is 1. The summed E-state index contributed by atoms with van der Waals surface area (Å²) in [6.45, 7) is 4.34. The zero-order chi connectivity index (χ0) is 18.7. The molecule has 0 aromatic heterocycles. The summed E-state index contributed by atoms with van der Waals surface area (Å²) in [7, 11) is -1.99. The average Bonchev–Trinajstić information content (AvgIpc) is 2.51. The van der Waals surface area contributed by atoms with Gasteiger partial charge in [-0.1, -0.05) is 12.1 Å². The molecular formula is C17H24N2O5S. The first-order valence-corrected chi connectivity index (χ1v) is 9.62. The van der Waals surface area contributed by atoms with E-state index < -0.39 is 15.4 Å². The van der Waals surface area contributed by atoms with Crippen LogP contribution in [0.2, 0.25) is 0 Å². The predicted molar refractivity (Wildman–Crippen MR) is 95.2 cm³/mol. The van der Waals surface area contributed by atoms with Crippen LogP contribution >= 0.6 is 0 Å². The fraction of sp³-hybridized carbons (Fsp3) is 0.529. The van der Waals surface area contributed by atoms with E-state index in [1.54, 1.807) is 25.3 Å². The van der Waals surface area contributed by atoms with Crippen molar-refractivity contribution in [2.45, 2.75) is 32.4 Å². The monoisotopic (exact) mass is 368 g/mol. The molecule has 2 rings (SSSR count). The second-order valence-electron chi connectivity index (χ2n) is 6.69. The number of carbonyl (C=O) groups is 1. The molecule has 25 heavy (non-hydrogen) atoms. The van der Waals surface area contributed by atoms with Gasteiger partial charge in [-0.3, -0.25) is 4.79 Å². The highest BCUT2D eigenvalue weighted by atomic mass is 32.2. The summed E-state index contributed by atoms with van der Waals surface area (Å²) in [4.78, 5) is 12.3. The Hall–Kier alpha value is -1.93. The van der Waals surface area contributed by atoms with Crippen LogP contribution in [-0.4, -0.2) is 40.4 Å². The van der Waals surface area contributed by atoms with Crippen molar-refractivity contribution < 1.29 is 22.7 Å². The van der Waals surface area contributed by atoms with Gasteiger partial charge in [-0.25, -0.2) is 8.42 Å². The number of Topliss-reactive ketones (excluding diaryl/α,β-unsaturated/α-hetero) is 1. The van der Waals surface area contributed by atoms with E-state index >= 15 is 0 Å². The fourth-order valence-electron chi connectivity index (χ4n) is 2.59. The largest absolute Gasteiger partial charge is 0.492 e. The Morgan fingerprint density at radius 3 is 2.76 bits per heavy atom. The van der Waals surface area contributed by atoms with E-state index in [1.807, 2.05) is 13.8 Å². The molecule has 1 aromatic rings. The van der Waals surface area contributed by atoms with Crippen LogP contribution in [-0.2, 0) is 25.3 Å². The lowest BCUT2D eigenvalue weighted by atomic mass is 9.86. The number of sulfonamides is 1. The summed E-state index contributed by atoms with van der Waals surface area (Å²) in [5.74, 6) is 0.227. The van der Waals surface area contributed by atoms with Gasteiger partial charge in [-0.15, -0.1) is 4.40 Å². The fourth-order valence-corrected chi connectivity index (χ4v) is 3.68. The number of rotatable bonds is 8. The number of fused-ring (bicyclic) bond motifs is 1. The van der Waals surface area contributed by atoms with Crippen molar-refractivity contribution in [3.8, 4) is 5.75 Å². The van der Waals surface area contributed by atoms with Crippen molar-refractivity contribution in [2.75, 3.05) is 20.3 Å². The Morgan fingerprint density at radius 1 is 1.36 bits per heavy atom. The summed E-state index contributed by atoms with van der Waals surface area (Å²) >= 11 is 0. The molecule has 1 aliphatic rings. The molecule has 2 N–H and O–H groups in total. The topological polar surface area (TPSA) is 108 Å². The molecule has 0 amide bonds. The highest BCUT2D eigenvalue weighted by Gasteiger charge is 2.30. The minimum atomic E-state index is -3.59. The van der Waals surface area contributed by atoms with Crippen LogP contribution in [0.1, 0.15) is 37.8 Å². The molecule has 0 saturated carbocycles. The normalized spacial score (nSPS) is 16.0. The third kappa shape index (κ3) is 4.79. The van der Waals surface area contributed by atoms with Crippen LogP contribution in [0.25, 0.3) is 0 Å². The molecule has 1 aromatic carbocycles. The summed E-state index contributed by atoms with van der Waals surface area (Å²) in [5, 5.41) is 0. The molecule has 1 aliphatic heterocycles. The van der Waals surface area contributed by atoms with Crippen LogP contribution in [0.4, 0.5) is 0 Å². The van der Waals surface area contributed by atoms with Crippen LogP contribution in [0.5, 0.6) is 5.75 Å². The van der Waals surface area contributed by atoms with Gasteiger partial charge in [0.05, 0.1) is 16.7 Å². The Labute approximate surface area is 148 Å². The maximum Gasteiger partial charge on any atom is 0.259 e. The quantitative estimate of drug-likeness (QED) is 0.699. The third-order valence-corrected chi connectivity index (χ3v) is 5.19. The Morgan fingerprint density at radius 2 is 2.08 bits per heavy atom. The van der Waals surface area contributed by atoms with Gasteiger partial charge < -0.3 is 15.2 Å². The highest BCUT2D eigenvalue weighted by molar-refractivity contribution is 7.89.